The van der Waals surface area contributed by atoms with Crippen molar-refractivity contribution >= 4 is 23.2 Å². The molecule has 2 fully saturated rings. The van der Waals surface area contributed by atoms with Gasteiger partial charge < -0.3 is 10.1 Å². The molecule has 0 spiro atoms. The number of fused-ring (bicyclic) bond motifs is 1. The summed E-state index contributed by atoms with van der Waals surface area (Å²) in [5, 5.41) is 4.79. The zero-order valence-electron chi connectivity index (χ0n) is 12.3. The predicted molar refractivity (Wildman–Crippen MR) is 88.3 cm³/mol. The SMILES string of the molecule is C=CC[C@@H](OC)C12CNCC[C@@]1(c1ccc(Cl)c(Cl)c1)C2. The van der Waals surface area contributed by atoms with Crippen LogP contribution in [0.15, 0.2) is 30.9 Å². The number of halogens is 2. The Morgan fingerprint density at radius 1 is 1.43 bits per heavy atom. The van der Waals surface area contributed by atoms with Crippen LogP contribution in [0.5, 0.6) is 0 Å². The predicted octanol–water partition coefficient (Wildman–Crippen LogP) is 4.21. The Hall–Kier alpha value is -0.540. The fourth-order valence-electron chi connectivity index (χ4n) is 4.24. The summed E-state index contributed by atoms with van der Waals surface area (Å²) in [6.07, 6.45) is 5.27. The molecule has 0 bridgehead atoms. The summed E-state index contributed by atoms with van der Waals surface area (Å²) < 4.78 is 5.81. The van der Waals surface area contributed by atoms with Crippen LogP contribution in [0.1, 0.15) is 24.8 Å². The molecule has 1 aromatic carbocycles. The zero-order valence-corrected chi connectivity index (χ0v) is 13.8. The fourth-order valence-corrected chi connectivity index (χ4v) is 4.54. The highest BCUT2D eigenvalue weighted by atomic mass is 35.5. The average Bonchev–Trinajstić information content (AvgIpc) is 3.19. The first-order valence-electron chi connectivity index (χ1n) is 7.39. The zero-order chi connectivity index (χ0) is 15.1. The third-order valence-corrected chi connectivity index (χ3v) is 6.11. The monoisotopic (exact) mass is 325 g/mol. The van der Waals surface area contributed by atoms with Gasteiger partial charge in [-0.2, -0.15) is 0 Å². The second kappa shape index (κ2) is 5.58. The molecule has 1 unspecified atom stereocenters. The number of hydrogen-bond acceptors (Lipinski definition) is 2. The first kappa shape index (κ1) is 15.4. The number of ether oxygens (including phenoxy) is 1. The minimum Gasteiger partial charge on any atom is -0.380 e. The van der Waals surface area contributed by atoms with Gasteiger partial charge in [0.1, 0.15) is 0 Å². The summed E-state index contributed by atoms with van der Waals surface area (Å²) in [5.41, 5.74) is 1.60. The highest BCUT2D eigenvalue weighted by Crippen LogP contribution is 2.70. The molecule has 1 aliphatic heterocycles. The molecule has 1 N–H and O–H groups in total. The van der Waals surface area contributed by atoms with Gasteiger partial charge in [0.05, 0.1) is 16.1 Å². The molecule has 0 aromatic heterocycles. The maximum Gasteiger partial charge on any atom is 0.0682 e. The Bertz CT molecular complexity index is 562. The van der Waals surface area contributed by atoms with Gasteiger partial charge in [0.15, 0.2) is 0 Å². The summed E-state index contributed by atoms with van der Waals surface area (Å²) >= 11 is 12.3. The molecule has 2 nitrogen and oxygen atoms in total. The lowest BCUT2D eigenvalue weighted by Gasteiger charge is -2.36. The first-order valence-corrected chi connectivity index (χ1v) is 8.15. The van der Waals surface area contributed by atoms with Crippen LogP contribution in [0.25, 0.3) is 0 Å². The van der Waals surface area contributed by atoms with E-state index in [1.54, 1.807) is 7.11 Å². The van der Waals surface area contributed by atoms with Crippen molar-refractivity contribution in [3.63, 3.8) is 0 Å². The largest absolute Gasteiger partial charge is 0.380 e. The highest BCUT2D eigenvalue weighted by molar-refractivity contribution is 6.42. The van der Waals surface area contributed by atoms with E-state index >= 15 is 0 Å². The third kappa shape index (κ3) is 2.24. The molecule has 0 radical (unpaired) electrons. The summed E-state index contributed by atoms with van der Waals surface area (Å²) in [5.74, 6) is 0. The van der Waals surface area contributed by atoms with Gasteiger partial charge in [-0.3, -0.25) is 0 Å². The van der Waals surface area contributed by atoms with Gasteiger partial charge in [0.2, 0.25) is 0 Å². The second-order valence-electron chi connectivity index (χ2n) is 6.22. The van der Waals surface area contributed by atoms with Crippen LogP contribution in [0.2, 0.25) is 10.0 Å². The molecular formula is C17H21Cl2NO. The Morgan fingerprint density at radius 2 is 2.24 bits per heavy atom. The molecule has 0 amide bonds. The summed E-state index contributed by atoms with van der Waals surface area (Å²) in [7, 11) is 1.80. The van der Waals surface area contributed by atoms with E-state index in [9.17, 15) is 0 Å². The van der Waals surface area contributed by atoms with E-state index in [0.717, 1.165) is 32.4 Å². The van der Waals surface area contributed by atoms with Crippen LogP contribution in [0.3, 0.4) is 0 Å². The van der Waals surface area contributed by atoms with E-state index in [-0.39, 0.29) is 16.9 Å². The molecule has 114 valence electrons. The Kier molecular flexibility index (Phi) is 4.08. The van der Waals surface area contributed by atoms with E-state index in [4.69, 9.17) is 27.9 Å². The Morgan fingerprint density at radius 3 is 2.90 bits per heavy atom. The van der Waals surface area contributed by atoms with Crippen molar-refractivity contribution in [3.8, 4) is 0 Å². The summed E-state index contributed by atoms with van der Waals surface area (Å²) in [6, 6.07) is 6.08. The molecule has 1 saturated carbocycles. The maximum absolute atomic E-state index is 6.24. The van der Waals surface area contributed by atoms with Gasteiger partial charge in [-0.15, -0.1) is 6.58 Å². The van der Waals surface area contributed by atoms with Crippen molar-refractivity contribution < 1.29 is 4.74 Å². The highest BCUT2D eigenvalue weighted by Gasteiger charge is 2.71. The lowest BCUT2D eigenvalue weighted by molar-refractivity contribution is 0.0237. The molecule has 1 saturated heterocycles. The van der Waals surface area contributed by atoms with Gasteiger partial charge in [-0.05, 0) is 43.5 Å². The Labute approximate surface area is 136 Å². The van der Waals surface area contributed by atoms with Crippen LogP contribution >= 0.6 is 23.2 Å². The van der Waals surface area contributed by atoms with Crippen LogP contribution in [-0.4, -0.2) is 26.3 Å². The molecule has 21 heavy (non-hydrogen) atoms. The van der Waals surface area contributed by atoms with Crippen LogP contribution in [0, 0.1) is 5.41 Å². The van der Waals surface area contributed by atoms with Crippen molar-refractivity contribution in [1.82, 2.24) is 5.32 Å². The third-order valence-electron chi connectivity index (χ3n) is 5.37. The molecule has 1 aromatic rings. The van der Waals surface area contributed by atoms with Crippen molar-refractivity contribution in [2.45, 2.75) is 30.8 Å². The van der Waals surface area contributed by atoms with E-state index in [2.05, 4.69) is 18.0 Å². The van der Waals surface area contributed by atoms with Crippen molar-refractivity contribution in [1.29, 1.82) is 0 Å². The molecule has 3 atom stereocenters. The maximum atomic E-state index is 6.24. The van der Waals surface area contributed by atoms with Crippen LogP contribution < -0.4 is 5.32 Å². The summed E-state index contributed by atoms with van der Waals surface area (Å²) in [4.78, 5) is 0. The number of rotatable bonds is 5. The van der Waals surface area contributed by atoms with E-state index in [1.165, 1.54) is 5.56 Å². The fraction of sp³-hybridized carbons (Fsp3) is 0.529. The number of piperidine rings is 1. The molecule has 1 aliphatic carbocycles. The number of benzene rings is 1. The standard InChI is InChI=1S/C17H21Cl2NO/c1-3-4-15(21-2)17-10-16(17,7-8-20-11-17)12-5-6-13(18)14(19)9-12/h3,5-6,9,15,20H,1,4,7-8,10-11H2,2H3/t15-,16+,17?/m1/s1. The molecule has 3 rings (SSSR count). The lowest BCUT2D eigenvalue weighted by atomic mass is 9.77. The lowest BCUT2D eigenvalue weighted by Crippen LogP contribution is -2.45. The minimum absolute atomic E-state index is 0.144. The van der Waals surface area contributed by atoms with Crippen molar-refractivity contribution in [2.75, 3.05) is 20.2 Å². The minimum atomic E-state index is 0.144. The van der Waals surface area contributed by atoms with Crippen molar-refractivity contribution in [3.05, 3.63) is 46.5 Å². The topological polar surface area (TPSA) is 21.3 Å². The van der Waals surface area contributed by atoms with Gasteiger partial charge in [0, 0.05) is 24.5 Å². The number of hydrogen-bond donors (Lipinski definition) is 1. The molecular weight excluding hydrogens is 305 g/mol. The van der Waals surface area contributed by atoms with Crippen LogP contribution in [-0.2, 0) is 10.2 Å². The Balaban J connectivity index is 1.99. The van der Waals surface area contributed by atoms with Gasteiger partial charge in [0.25, 0.3) is 0 Å². The van der Waals surface area contributed by atoms with Crippen LogP contribution in [0.4, 0.5) is 0 Å². The smallest absolute Gasteiger partial charge is 0.0682 e. The first-order chi connectivity index (χ1) is 10.1. The van der Waals surface area contributed by atoms with E-state index in [1.807, 2.05) is 18.2 Å². The molecule has 2 aliphatic rings. The molecule has 1 heterocycles. The van der Waals surface area contributed by atoms with Gasteiger partial charge >= 0.3 is 0 Å². The summed E-state index contributed by atoms with van der Waals surface area (Å²) in [6.45, 7) is 5.90. The van der Waals surface area contributed by atoms with E-state index in [0.29, 0.717) is 10.0 Å². The van der Waals surface area contributed by atoms with E-state index < -0.39 is 0 Å². The average molecular weight is 326 g/mol. The van der Waals surface area contributed by atoms with Gasteiger partial charge in [-0.25, -0.2) is 0 Å². The second-order valence-corrected chi connectivity index (χ2v) is 7.03. The molecule has 4 heteroatoms. The number of nitrogens with one attached hydrogen (secondary N) is 1. The normalized spacial score (nSPS) is 32.3. The van der Waals surface area contributed by atoms with Gasteiger partial charge in [-0.1, -0.05) is 35.3 Å². The van der Waals surface area contributed by atoms with Crippen molar-refractivity contribution in [2.24, 2.45) is 5.41 Å². The quantitative estimate of drug-likeness (QED) is 0.819. The number of methoxy groups -OCH3 is 1.